The number of halogens is 1. The quantitative estimate of drug-likeness (QED) is 0.730. The maximum absolute atomic E-state index is 11.0. The van der Waals surface area contributed by atoms with Gasteiger partial charge in [-0.1, -0.05) is 37.1 Å². The minimum absolute atomic E-state index is 0.222. The fraction of sp³-hybridized carbons (Fsp3) is 0.562. The molecule has 0 aliphatic rings. The van der Waals surface area contributed by atoms with E-state index in [1.165, 1.54) is 5.56 Å². The molecule has 112 valence electrons. The van der Waals surface area contributed by atoms with E-state index >= 15 is 0 Å². The molecule has 2 atom stereocenters. The molecule has 0 aliphatic carbocycles. The Kier molecular flexibility index (Phi) is 7.63. The first-order chi connectivity index (χ1) is 9.56. The van der Waals surface area contributed by atoms with Crippen molar-refractivity contribution in [3.8, 4) is 0 Å². The van der Waals surface area contributed by atoms with Crippen molar-refractivity contribution in [2.45, 2.75) is 39.0 Å². The van der Waals surface area contributed by atoms with E-state index in [-0.39, 0.29) is 6.54 Å². The third-order valence-electron chi connectivity index (χ3n) is 3.86. The number of carboxylic acid groups (broad SMARTS) is 1. The monoisotopic (exact) mass is 297 g/mol. The molecule has 1 aromatic rings. The first kappa shape index (κ1) is 17.0. The second-order valence-electron chi connectivity index (χ2n) is 5.29. The number of rotatable bonds is 9. The lowest BCUT2D eigenvalue weighted by Gasteiger charge is -2.17. The fourth-order valence-electron chi connectivity index (χ4n) is 2.39. The lowest BCUT2D eigenvalue weighted by Crippen LogP contribution is -2.24. The van der Waals surface area contributed by atoms with E-state index in [1.54, 1.807) is 0 Å². The van der Waals surface area contributed by atoms with Crippen LogP contribution in [0.2, 0.25) is 5.02 Å². The van der Waals surface area contributed by atoms with Crippen LogP contribution in [0.3, 0.4) is 0 Å². The van der Waals surface area contributed by atoms with Gasteiger partial charge in [-0.15, -0.1) is 0 Å². The summed E-state index contributed by atoms with van der Waals surface area (Å²) in [4.78, 5) is 11.0. The summed E-state index contributed by atoms with van der Waals surface area (Å²) in [6, 6.07) is 7.92. The second-order valence-corrected chi connectivity index (χ2v) is 5.73. The van der Waals surface area contributed by atoms with Gasteiger partial charge in [0.1, 0.15) is 0 Å². The van der Waals surface area contributed by atoms with E-state index in [4.69, 9.17) is 22.4 Å². The highest BCUT2D eigenvalue weighted by atomic mass is 35.5. The van der Waals surface area contributed by atoms with Gasteiger partial charge in [-0.25, -0.2) is 0 Å². The topological polar surface area (TPSA) is 63.3 Å². The van der Waals surface area contributed by atoms with Gasteiger partial charge >= 0.3 is 5.97 Å². The first-order valence-corrected chi connectivity index (χ1v) is 7.61. The third-order valence-corrected chi connectivity index (χ3v) is 4.10. The Hall–Kier alpha value is -1.06. The predicted molar refractivity (Wildman–Crippen MR) is 83.0 cm³/mol. The molecule has 0 amide bonds. The second kappa shape index (κ2) is 8.98. The molecular formula is C16H24ClNO2. The van der Waals surface area contributed by atoms with Crippen LogP contribution in [0.5, 0.6) is 0 Å². The summed E-state index contributed by atoms with van der Waals surface area (Å²) < 4.78 is 0. The number of aryl methyl sites for hydroxylation is 1. The molecule has 3 N–H and O–H groups in total. The summed E-state index contributed by atoms with van der Waals surface area (Å²) in [5.74, 6) is -0.644. The van der Waals surface area contributed by atoms with Gasteiger partial charge in [-0.05, 0) is 49.3 Å². The van der Waals surface area contributed by atoms with E-state index in [1.807, 2.05) is 18.2 Å². The largest absolute Gasteiger partial charge is 0.481 e. The summed E-state index contributed by atoms with van der Waals surface area (Å²) in [6.07, 6.45) is 4.70. The molecular weight excluding hydrogens is 274 g/mol. The Labute approximate surface area is 126 Å². The van der Waals surface area contributed by atoms with Crippen molar-refractivity contribution in [3.63, 3.8) is 0 Å². The number of nitrogens with two attached hydrogens (primary N) is 1. The molecule has 0 fully saturated rings. The van der Waals surface area contributed by atoms with Crippen molar-refractivity contribution in [1.82, 2.24) is 0 Å². The van der Waals surface area contributed by atoms with Crippen LogP contribution >= 0.6 is 11.6 Å². The van der Waals surface area contributed by atoms with E-state index in [0.717, 1.165) is 30.7 Å². The lowest BCUT2D eigenvalue weighted by atomic mass is 9.89. The smallest absolute Gasteiger partial charge is 0.307 e. The standard InChI is InChI=1S/C16H24ClNO2/c1-2-12(8-9-14(11-18)16(19)20)6-7-13-4-3-5-15(17)10-13/h3-5,10,12,14H,2,6-9,11,18H2,1H3,(H,19,20). The van der Waals surface area contributed by atoms with Crippen LogP contribution in [0, 0.1) is 11.8 Å². The van der Waals surface area contributed by atoms with Crippen LogP contribution in [0.25, 0.3) is 0 Å². The predicted octanol–water partition coefficient (Wildman–Crippen LogP) is 3.74. The van der Waals surface area contributed by atoms with Gasteiger partial charge in [0.2, 0.25) is 0 Å². The van der Waals surface area contributed by atoms with Crippen LogP contribution in [-0.2, 0) is 11.2 Å². The normalized spacial score (nSPS) is 13.9. The molecule has 2 unspecified atom stereocenters. The zero-order chi connectivity index (χ0) is 15.0. The molecule has 4 heteroatoms. The van der Waals surface area contributed by atoms with E-state index < -0.39 is 11.9 Å². The Morgan fingerprint density at radius 1 is 1.35 bits per heavy atom. The molecule has 0 aromatic heterocycles. The van der Waals surface area contributed by atoms with E-state index in [9.17, 15) is 4.79 Å². The van der Waals surface area contributed by atoms with Gasteiger partial charge < -0.3 is 10.8 Å². The highest BCUT2D eigenvalue weighted by Crippen LogP contribution is 2.22. The van der Waals surface area contributed by atoms with Crippen molar-refractivity contribution >= 4 is 17.6 Å². The number of aliphatic carboxylic acids is 1. The molecule has 0 bridgehead atoms. The van der Waals surface area contributed by atoms with Crippen LogP contribution < -0.4 is 5.73 Å². The molecule has 1 rings (SSSR count). The zero-order valence-electron chi connectivity index (χ0n) is 12.0. The molecule has 1 aromatic carbocycles. The lowest BCUT2D eigenvalue weighted by molar-refractivity contribution is -0.141. The van der Waals surface area contributed by atoms with Gasteiger partial charge in [0.25, 0.3) is 0 Å². The van der Waals surface area contributed by atoms with Crippen molar-refractivity contribution in [1.29, 1.82) is 0 Å². The van der Waals surface area contributed by atoms with Crippen molar-refractivity contribution in [2.75, 3.05) is 6.54 Å². The highest BCUT2D eigenvalue weighted by molar-refractivity contribution is 6.30. The number of carboxylic acids is 1. The highest BCUT2D eigenvalue weighted by Gasteiger charge is 2.17. The molecule has 20 heavy (non-hydrogen) atoms. The first-order valence-electron chi connectivity index (χ1n) is 7.24. The Balaban J connectivity index is 2.41. The van der Waals surface area contributed by atoms with Gasteiger partial charge in [-0.2, -0.15) is 0 Å². The third kappa shape index (κ3) is 5.93. The number of hydrogen-bond donors (Lipinski definition) is 2. The summed E-state index contributed by atoms with van der Waals surface area (Å²) in [7, 11) is 0. The van der Waals surface area contributed by atoms with Gasteiger partial charge in [0.05, 0.1) is 5.92 Å². The number of carbonyl (C=O) groups is 1. The van der Waals surface area contributed by atoms with E-state index in [0.29, 0.717) is 12.3 Å². The minimum atomic E-state index is -0.780. The van der Waals surface area contributed by atoms with Crippen molar-refractivity contribution in [2.24, 2.45) is 17.6 Å². The van der Waals surface area contributed by atoms with Crippen LogP contribution in [0.15, 0.2) is 24.3 Å². The molecule has 0 aliphatic heterocycles. The van der Waals surface area contributed by atoms with Crippen LogP contribution in [0.4, 0.5) is 0 Å². The van der Waals surface area contributed by atoms with Crippen LogP contribution in [-0.4, -0.2) is 17.6 Å². The van der Waals surface area contributed by atoms with Gasteiger partial charge in [0, 0.05) is 11.6 Å². The van der Waals surface area contributed by atoms with Gasteiger partial charge in [-0.3, -0.25) is 4.79 Å². The maximum atomic E-state index is 11.0. The Morgan fingerprint density at radius 3 is 2.65 bits per heavy atom. The number of hydrogen-bond acceptors (Lipinski definition) is 2. The zero-order valence-corrected chi connectivity index (χ0v) is 12.8. The summed E-state index contributed by atoms with van der Waals surface area (Å²) >= 11 is 5.97. The Bertz CT molecular complexity index is 423. The summed E-state index contributed by atoms with van der Waals surface area (Å²) in [5, 5.41) is 9.77. The SMILES string of the molecule is CCC(CCc1cccc(Cl)c1)CCC(CN)C(=O)O. The molecule has 0 heterocycles. The summed E-state index contributed by atoms with van der Waals surface area (Å²) in [6.45, 7) is 2.38. The molecule has 0 radical (unpaired) electrons. The van der Waals surface area contributed by atoms with Gasteiger partial charge in [0.15, 0.2) is 0 Å². The minimum Gasteiger partial charge on any atom is -0.481 e. The molecule has 0 saturated carbocycles. The molecule has 0 saturated heterocycles. The van der Waals surface area contributed by atoms with Crippen molar-refractivity contribution < 1.29 is 9.90 Å². The number of benzene rings is 1. The molecule has 3 nitrogen and oxygen atoms in total. The van der Waals surface area contributed by atoms with Crippen LogP contribution in [0.1, 0.15) is 38.2 Å². The van der Waals surface area contributed by atoms with E-state index in [2.05, 4.69) is 13.0 Å². The fourth-order valence-corrected chi connectivity index (χ4v) is 2.61. The average Bonchev–Trinajstić information content (AvgIpc) is 2.42. The van der Waals surface area contributed by atoms with Crippen molar-refractivity contribution in [3.05, 3.63) is 34.9 Å². The molecule has 0 spiro atoms. The average molecular weight is 298 g/mol. The summed E-state index contributed by atoms with van der Waals surface area (Å²) in [5.41, 5.74) is 6.73. The Morgan fingerprint density at radius 2 is 2.10 bits per heavy atom. The maximum Gasteiger partial charge on any atom is 0.307 e.